The first-order valence-electron chi connectivity index (χ1n) is 5.58. The molecule has 0 aliphatic carbocycles. The molecule has 2 heterocycles. The van der Waals surface area contributed by atoms with Crippen LogP contribution in [-0.2, 0) is 11.2 Å². The lowest BCUT2D eigenvalue weighted by Crippen LogP contribution is -2.14. The molecule has 0 aliphatic rings. The molecule has 3 rings (SSSR count). The van der Waals surface area contributed by atoms with E-state index in [2.05, 4.69) is 20.0 Å². The fourth-order valence-electron chi connectivity index (χ4n) is 1.91. The molecule has 1 aromatic carbocycles. The van der Waals surface area contributed by atoms with Crippen LogP contribution in [0.25, 0.3) is 10.9 Å². The first kappa shape index (κ1) is 10.6. The molecular formula is C13H11N3O2. The van der Waals surface area contributed by atoms with Gasteiger partial charge in [0.15, 0.2) is 5.82 Å². The summed E-state index contributed by atoms with van der Waals surface area (Å²) in [6, 6.07) is 9.49. The number of hydrogen-bond acceptors (Lipinski definition) is 3. The number of fused-ring (bicyclic) bond motifs is 1. The lowest BCUT2D eigenvalue weighted by atomic mass is 10.1. The molecule has 1 amide bonds. The molecule has 0 atom stereocenters. The van der Waals surface area contributed by atoms with Crippen molar-refractivity contribution in [1.29, 1.82) is 0 Å². The van der Waals surface area contributed by atoms with Gasteiger partial charge in [0.1, 0.15) is 6.26 Å². The maximum Gasteiger partial charge on any atom is 0.230 e. The third kappa shape index (κ3) is 1.98. The van der Waals surface area contributed by atoms with Crippen molar-refractivity contribution >= 4 is 22.6 Å². The third-order valence-electron chi connectivity index (χ3n) is 2.73. The van der Waals surface area contributed by atoms with Gasteiger partial charge in [0, 0.05) is 23.2 Å². The number of hydrogen-bond donors (Lipinski definition) is 2. The van der Waals surface area contributed by atoms with Crippen LogP contribution >= 0.6 is 0 Å². The third-order valence-corrected chi connectivity index (χ3v) is 2.73. The highest BCUT2D eigenvalue weighted by Crippen LogP contribution is 2.18. The number of amides is 1. The number of carbonyl (C=O) groups excluding carboxylic acids is 1. The zero-order valence-electron chi connectivity index (χ0n) is 9.51. The lowest BCUT2D eigenvalue weighted by molar-refractivity contribution is -0.115. The molecule has 0 saturated carbocycles. The summed E-state index contributed by atoms with van der Waals surface area (Å²) in [5, 5.41) is 7.36. The van der Waals surface area contributed by atoms with Gasteiger partial charge in [-0.3, -0.25) is 4.79 Å². The number of aromatic nitrogens is 2. The van der Waals surface area contributed by atoms with Crippen LogP contribution in [0.4, 0.5) is 5.82 Å². The van der Waals surface area contributed by atoms with Crippen LogP contribution in [0.3, 0.4) is 0 Å². The van der Waals surface area contributed by atoms with Crippen LogP contribution in [0.15, 0.2) is 47.3 Å². The molecule has 0 unspecified atom stereocenters. The summed E-state index contributed by atoms with van der Waals surface area (Å²) in [4.78, 5) is 15.0. The van der Waals surface area contributed by atoms with Gasteiger partial charge in [-0.05, 0) is 11.6 Å². The monoisotopic (exact) mass is 241 g/mol. The second kappa shape index (κ2) is 4.37. The first-order valence-corrected chi connectivity index (χ1v) is 5.58. The Morgan fingerprint density at radius 1 is 1.33 bits per heavy atom. The minimum Gasteiger partial charge on any atom is -0.363 e. The van der Waals surface area contributed by atoms with E-state index in [1.54, 1.807) is 6.07 Å². The maximum absolute atomic E-state index is 11.8. The topological polar surface area (TPSA) is 70.9 Å². The standard InChI is InChI=1S/C13H11N3O2/c17-13(15-12-5-6-18-16-12)7-9-8-14-11-4-2-1-3-10(9)11/h1-6,8,14H,7H2,(H,15,16,17). The second-order valence-corrected chi connectivity index (χ2v) is 3.97. The van der Waals surface area contributed by atoms with Crippen molar-refractivity contribution in [2.75, 3.05) is 5.32 Å². The van der Waals surface area contributed by atoms with E-state index in [1.807, 2.05) is 30.5 Å². The van der Waals surface area contributed by atoms with Crippen LogP contribution in [0.5, 0.6) is 0 Å². The van der Waals surface area contributed by atoms with E-state index in [-0.39, 0.29) is 5.91 Å². The van der Waals surface area contributed by atoms with Crippen molar-refractivity contribution in [3.05, 3.63) is 48.4 Å². The second-order valence-electron chi connectivity index (χ2n) is 3.97. The Morgan fingerprint density at radius 3 is 3.06 bits per heavy atom. The molecule has 5 heteroatoms. The molecule has 2 aromatic heterocycles. The van der Waals surface area contributed by atoms with Crippen LogP contribution in [0.2, 0.25) is 0 Å². The van der Waals surface area contributed by atoms with Gasteiger partial charge >= 0.3 is 0 Å². The van der Waals surface area contributed by atoms with Crippen molar-refractivity contribution < 1.29 is 9.32 Å². The molecule has 0 aliphatic heterocycles. The van der Waals surface area contributed by atoms with E-state index in [9.17, 15) is 4.79 Å². The molecule has 0 saturated heterocycles. The number of carbonyl (C=O) groups is 1. The van der Waals surface area contributed by atoms with Crippen molar-refractivity contribution in [3.63, 3.8) is 0 Å². The predicted molar refractivity (Wildman–Crippen MR) is 67.1 cm³/mol. The molecule has 3 aromatic rings. The van der Waals surface area contributed by atoms with Crippen molar-refractivity contribution in [2.45, 2.75) is 6.42 Å². The highest BCUT2D eigenvalue weighted by atomic mass is 16.5. The summed E-state index contributed by atoms with van der Waals surface area (Å²) in [6.07, 6.45) is 3.57. The number of para-hydroxylation sites is 1. The molecule has 2 N–H and O–H groups in total. The van der Waals surface area contributed by atoms with E-state index in [4.69, 9.17) is 0 Å². The Bertz CT molecular complexity index is 670. The number of nitrogens with one attached hydrogen (secondary N) is 2. The van der Waals surface area contributed by atoms with Gasteiger partial charge in [0.05, 0.1) is 6.42 Å². The van der Waals surface area contributed by atoms with Crippen molar-refractivity contribution in [3.8, 4) is 0 Å². The molecule has 90 valence electrons. The van der Waals surface area contributed by atoms with Crippen LogP contribution in [-0.4, -0.2) is 16.0 Å². The van der Waals surface area contributed by atoms with E-state index in [1.165, 1.54) is 6.26 Å². The zero-order valence-corrected chi connectivity index (χ0v) is 9.51. The Balaban J connectivity index is 1.78. The average Bonchev–Trinajstić information content (AvgIpc) is 3.00. The van der Waals surface area contributed by atoms with Crippen LogP contribution in [0.1, 0.15) is 5.56 Å². The van der Waals surface area contributed by atoms with Crippen LogP contribution in [0, 0.1) is 0 Å². The van der Waals surface area contributed by atoms with E-state index in [0.29, 0.717) is 12.2 Å². The van der Waals surface area contributed by atoms with Gasteiger partial charge in [-0.15, -0.1) is 0 Å². The molecule has 0 fully saturated rings. The summed E-state index contributed by atoms with van der Waals surface area (Å²) in [6.45, 7) is 0. The number of rotatable bonds is 3. The van der Waals surface area contributed by atoms with E-state index in [0.717, 1.165) is 16.5 Å². The SMILES string of the molecule is O=C(Cc1c[nH]c2ccccc12)Nc1ccon1. The lowest BCUT2D eigenvalue weighted by Gasteiger charge is -2.00. The number of benzene rings is 1. The van der Waals surface area contributed by atoms with Gasteiger partial charge in [-0.2, -0.15) is 0 Å². The predicted octanol–water partition coefficient (Wildman–Crippen LogP) is 2.34. The molecule has 5 nitrogen and oxygen atoms in total. The van der Waals surface area contributed by atoms with E-state index >= 15 is 0 Å². The Labute approximate surface area is 103 Å². The Kier molecular flexibility index (Phi) is 2.57. The summed E-state index contributed by atoms with van der Waals surface area (Å²) >= 11 is 0. The van der Waals surface area contributed by atoms with Gasteiger partial charge in [-0.1, -0.05) is 23.4 Å². The normalized spacial score (nSPS) is 10.7. The first-order chi connectivity index (χ1) is 8.83. The van der Waals surface area contributed by atoms with Gasteiger partial charge in [0.25, 0.3) is 0 Å². The molecular weight excluding hydrogens is 230 g/mol. The Morgan fingerprint density at radius 2 is 2.22 bits per heavy atom. The molecule has 18 heavy (non-hydrogen) atoms. The van der Waals surface area contributed by atoms with Crippen molar-refractivity contribution in [2.24, 2.45) is 0 Å². The minimum atomic E-state index is -0.117. The number of nitrogens with zero attached hydrogens (tertiary/aromatic N) is 1. The number of aromatic amines is 1. The molecule has 0 spiro atoms. The molecule has 0 bridgehead atoms. The summed E-state index contributed by atoms with van der Waals surface area (Å²) in [5.41, 5.74) is 1.99. The summed E-state index contributed by atoms with van der Waals surface area (Å²) in [7, 11) is 0. The maximum atomic E-state index is 11.8. The van der Waals surface area contributed by atoms with E-state index < -0.39 is 0 Å². The van der Waals surface area contributed by atoms with Crippen LogP contribution < -0.4 is 5.32 Å². The van der Waals surface area contributed by atoms with Gasteiger partial charge in [-0.25, -0.2) is 0 Å². The molecule has 0 radical (unpaired) electrons. The van der Waals surface area contributed by atoms with Gasteiger partial charge < -0.3 is 14.8 Å². The average molecular weight is 241 g/mol. The Hall–Kier alpha value is -2.56. The quantitative estimate of drug-likeness (QED) is 0.739. The fourth-order valence-corrected chi connectivity index (χ4v) is 1.91. The smallest absolute Gasteiger partial charge is 0.230 e. The number of anilines is 1. The zero-order chi connectivity index (χ0) is 12.4. The minimum absolute atomic E-state index is 0.117. The summed E-state index contributed by atoms with van der Waals surface area (Å²) < 4.78 is 4.65. The summed E-state index contributed by atoms with van der Waals surface area (Å²) in [5.74, 6) is 0.313. The highest BCUT2D eigenvalue weighted by Gasteiger charge is 2.09. The fraction of sp³-hybridized carbons (Fsp3) is 0.0769. The van der Waals surface area contributed by atoms with Crippen molar-refractivity contribution in [1.82, 2.24) is 10.1 Å². The number of H-pyrrole nitrogens is 1. The highest BCUT2D eigenvalue weighted by molar-refractivity contribution is 5.95. The van der Waals surface area contributed by atoms with Gasteiger partial charge in [0.2, 0.25) is 5.91 Å². The largest absolute Gasteiger partial charge is 0.363 e.